The number of hydrogen-bond acceptors (Lipinski definition) is 2. The van der Waals surface area contributed by atoms with Crippen molar-refractivity contribution >= 4 is 11.6 Å². The van der Waals surface area contributed by atoms with E-state index in [0.717, 1.165) is 31.1 Å². The van der Waals surface area contributed by atoms with Crippen LogP contribution in [0.1, 0.15) is 25.7 Å². The van der Waals surface area contributed by atoms with Crippen molar-refractivity contribution < 1.29 is 9.59 Å². The molecule has 0 aromatic heterocycles. The second-order valence-electron chi connectivity index (χ2n) is 5.46. The molecule has 0 saturated heterocycles. The van der Waals surface area contributed by atoms with E-state index in [1.807, 2.05) is 0 Å². The molecule has 2 bridgehead atoms. The zero-order chi connectivity index (χ0) is 8.79. The average molecular weight is 176 g/mol. The van der Waals surface area contributed by atoms with Gasteiger partial charge in [-0.15, -0.1) is 0 Å². The Bertz CT molecular complexity index is 334. The topological polar surface area (TPSA) is 34.1 Å². The lowest BCUT2D eigenvalue weighted by molar-refractivity contribution is -0.140. The van der Waals surface area contributed by atoms with Gasteiger partial charge in [-0.25, -0.2) is 0 Å². The number of carbonyl (C=O) groups is 2. The molecule has 2 heteroatoms. The lowest BCUT2D eigenvalue weighted by Crippen LogP contribution is -2.38. The molecule has 4 aliphatic rings. The molecule has 4 rings (SSSR count). The Balaban J connectivity index is 1.86. The third-order valence-electron chi connectivity index (χ3n) is 5.12. The summed E-state index contributed by atoms with van der Waals surface area (Å²) in [5, 5.41) is 0. The number of ketones is 2. The van der Waals surface area contributed by atoms with E-state index in [2.05, 4.69) is 0 Å². The van der Waals surface area contributed by atoms with Crippen molar-refractivity contribution in [1.29, 1.82) is 0 Å². The number of rotatable bonds is 0. The lowest BCUT2D eigenvalue weighted by atomic mass is 9.62. The SMILES string of the molecule is O=C1C(=O)C2CC23CC2CC1CC23. The molecule has 0 amide bonds. The maximum Gasteiger partial charge on any atom is 0.202 e. The number of Topliss-reactive ketones (excluding diaryl/α,β-unsaturated/α-hetero) is 2. The highest BCUT2D eigenvalue weighted by molar-refractivity contribution is 6.40. The summed E-state index contributed by atoms with van der Waals surface area (Å²) < 4.78 is 0. The summed E-state index contributed by atoms with van der Waals surface area (Å²) in [6.45, 7) is 0. The molecule has 0 aromatic rings. The van der Waals surface area contributed by atoms with Crippen molar-refractivity contribution in [3.05, 3.63) is 0 Å². The molecular formula is C11H12O2. The van der Waals surface area contributed by atoms with Gasteiger partial charge in [0.2, 0.25) is 11.6 Å². The van der Waals surface area contributed by atoms with E-state index in [-0.39, 0.29) is 23.4 Å². The molecule has 4 fully saturated rings. The van der Waals surface area contributed by atoms with Crippen LogP contribution in [-0.2, 0) is 9.59 Å². The van der Waals surface area contributed by atoms with Gasteiger partial charge in [0, 0.05) is 11.8 Å². The van der Waals surface area contributed by atoms with Crippen LogP contribution in [0.4, 0.5) is 0 Å². The van der Waals surface area contributed by atoms with E-state index >= 15 is 0 Å². The average Bonchev–Trinajstić information content (AvgIpc) is 2.76. The van der Waals surface area contributed by atoms with Gasteiger partial charge in [-0.05, 0) is 42.9 Å². The predicted molar refractivity (Wildman–Crippen MR) is 44.9 cm³/mol. The van der Waals surface area contributed by atoms with E-state index in [0.29, 0.717) is 5.41 Å². The molecule has 0 N–H and O–H groups in total. The highest BCUT2D eigenvalue weighted by Crippen LogP contribution is 2.77. The molecule has 5 atom stereocenters. The number of hydrogen-bond donors (Lipinski definition) is 0. The van der Waals surface area contributed by atoms with Crippen LogP contribution < -0.4 is 0 Å². The van der Waals surface area contributed by atoms with Gasteiger partial charge >= 0.3 is 0 Å². The maximum absolute atomic E-state index is 11.7. The van der Waals surface area contributed by atoms with Crippen LogP contribution in [0.2, 0.25) is 0 Å². The summed E-state index contributed by atoms with van der Waals surface area (Å²) in [5.74, 6) is 1.85. The Labute approximate surface area is 76.7 Å². The molecular weight excluding hydrogens is 164 g/mol. The zero-order valence-corrected chi connectivity index (χ0v) is 7.45. The smallest absolute Gasteiger partial charge is 0.202 e. The largest absolute Gasteiger partial charge is 0.291 e. The van der Waals surface area contributed by atoms with Crippen molar-refractivity contribution in [3.8, 4) is 0 Å². The maximum atomic E-state index is 11.7. The molecule has 13 heavy (non-hydrogen) atoms. The second-order valence-corrected chi connectivity index (χ2v) is 5.46. The number of carbonyl (C=O) groups excluding carboxylic acids is 2. The molecule has 5 unspecified atom stereocenters. The minimum Gasteiger partial charge on any atom is -0.291 e. The van der Waals surface area contributed by atoms with Gasteiger partial charge in [0.25, 0.3) is 0 Å². The minimum atomic E-state index is -0.0171. The van der Waals surface area contributed by atoms with Crippen LogP contribution in [0.3, 0.4) is 0 Å². The van der Waals surface area contributed by atoms with Gasteiger partial charge in [0.15, 0.2) is 0 Å². The molecule has 68 valence electrons. The number of fused-ring (bicyclic) bond motifs is 1. The van der Waals surface area contributed by atoms with Gasteiger partial charge < -0.3 is 0 Å². The Morgan fingerprint density at radius 3 is 2.77 bits per heavy atom. The first kappa shape index (κ1) is 6.74. The third kappa shape index (κ3) is 0.527. The van der Waals surface area contributed by atoms with E-state index in [1.165, 1.54) is 6.42 Å². The van der Waals surface area contributed by atoms with Crippen LogP contribution in [0.5, 0.6) is 0 Å². The molecule has 1 spiro atoms. The monoisotopic (exact) mass is 176 g/mol. The molecule has 4 aliphatic carbocycles. The van der Waals surface area contributed by atoms with Crippen LogP contribution in [0, 0.1) is 29.1 Å². The Morgan fingerprint density at radius 2 is 1.92 bits per heavy atom. The van der Waals surface area contributed by atoms with Crippen molar-refractivity contribution in [2.75, 3.05) is 0 Å². The summed E-state index contributed by atoms with van der Waals surface area (Å²) >= 11 is 0. The summed E-state index contributed by atoms with van der Waals surface area (Å²) in [4.78, 5) is 23.3. The first-order valence-corrected chi connectivity index (χ1v) is 5.30. The highest BCUT2D eigenvalue weighted by atomic mass is 16.2. The molecule has 0 radical (unpaired) electrons. The Hall–Kier alpha value is -0.660. The summed E-state index contributed by atoms with van der Waals surface area (Å²) in [7, 11) is 0. The van der Waals surface area contributed by atoms with Gasteiger partial charge in [0.05, 0.1) is 0 Å². The van der Waals surface area contributed by atoms with Crippen LogP contribution >= 0.6 is 0 Å². The van der Waals surface area contributed by atoms with Crippen molar-refractivity contribution in [2.45, 2.75) is 25.7 Å². The normalized spacial score (nSPS) is 61.2. The fourth-order valence-electron chi connectivity index (χ4n) is 4.43. The van der Waals surface area contributed by atoms with Gasteiger partial charge in [-0.2, -0.15) is 0 Å². The quantitative estimate of drug-likeness (QED) is 0.519. The van der Waals surface area contributed by atoms with E-state index in [4.69, 9.17) is 0 Å². The first-order valence-electron chi connectivity index (χ1n) is 5.30. The van der Waals surface area contributed by atoms with Crippen LogP contribution in [0.15, 0.2) is 0 Å². The fraction of sp³-hybridized carbons (Fsp3) is 0.818. The summed E-state index contributed by atoms with van der Waals surface area (Å²) in [6.07, 6.45) is 4.39. The molecule has 0 aliphatic heterocycles. The third-order valence-corrected chi connectivity index (χ3v) is 5.12. The van der Waals surface area contributed by atoms with Gasteiger partial charge in [0.1, 0.15) is 0 Å². The summed E-state index contributed by atoms with van der Waals surface area (Å²) in [6, 6.07) is 0. The van der Waals surface area contributed by atoms with Crippen LogP contribution in [-0.4, -0.2) is 11.6 Å². The van der Waals surface area contributed by atoms with E-state index in [9.17, 15) is 9.59 Å². The molecule has 4 saturated carbocycles. The first-order chi connectivity index (χ1) is 6.22. The molecule has 0 aromatic carbocycles. The van der Waals surface area contributed by atoms with E-state index in [1.54, 1.807) is 0 Å². The van der Waals surface area contributed by atoms with Gasteiger partial charge in [-0.3, -0.25) is 9.59 Å². The minimum absolute atomic E-state index is 0.00866. The van der Waals surface area contributed by atoms with Crippen LogP contribution in [0.25, 0.3) is 0 Å². The second kappa shape index (κ2) is 1.62. The summed E-state index contributed by atoms with van der Waals surface area (Å²) in [5.41, 5.74) is 0.364. The highest BCUT2D eigenvalue weighted by Gasteiger charge is 2.75. The van der Waals surface area contributed by atoms with Crippen molar-refractivity contribution in [2.24, 2.45) is 29.1 Å². The van der Waals surface area contributed by atoms with Crippen molar-refractivity contribution in [3.63, 3.8) is 0 Å². The Morgan fingerprint density at radius 1 is 1.08 bits per heavy atom. The van der Waals surface area contributed by atoms with E-state index < -0.39 is 0 Å². The van der Waals surface area contributed by atoms with Crippen molar-refractivity contribution in [1.82, 2.24) is 0 Å². The fourth-order valence-corrected chi connectivity index (χ4v) is 4.43. The standard InChI is InChI=1S/C11H12O2/c12-9-5-1-6-3-11(7(6)2-5)4-8(11)10(9)13/h5-8H,1-4H2. The predicted octanol–water partition coefficient (Wildman–Crippen LogP) is 1.19. The Kier molecular flexibility index (Phi) is 0.841. The zero-order valence-electron chi connectivity index (χ0n) is 7.45. The lowest BCUT2D eigenvalue weighted by Gasteiger charge is -2.42. The molecule has 2 nitrogen and oxygen atoms in total. The van der Waals surface area contributed by atoms with Gasteiger partial charge in [-0.1, -0.05) is 0 Å². The molecule has 0 heterocycles.